The van der Waals surface area contributed by atoms with Gasteiger partial charge >= 0.3 is 12.1 Å². The standard InChI is InChI=1S/C25H28N2O7/c28-14-21(23(30)31)26-22(29)13-25(9-11-33-12-10-25)27-24(32)34-15-20-18-7-3-1-5-16(18)17-6-2-4-8-19(17)20/h1-8,20-21,28H,9-15H2,(H,26,29)(H,27,32)(H,30,31). The molecule has 9 heteroatoms. The Morgan fingerprint density at radius 1 is 1.03 bits per heavy atom. The Kier molecular flexibility index (Phi) is 7.14. The zero-order valence-corrected chi connectivity index (χ0v) is 18.7. The molecule has 0 saturated carbocycles. The second-order valence-electron chi connectivity index (χ2n) is 8.66. The van der Waals surface area contributed by atoms with Gasteiger partial charge in [-0.1, -0.05) is 48.5 Å². The van der Waals surface area contributed by atoms with Crippen molar-refractivity contribution in [3.63, 3.8) is 0 Å². The third-order valence-corrected chi connectivity index (χ3v) is 6.48. The Morgan fingerprint density at radius 2 is 1.62 bits per heavy atom. The maximum Gasteiger partial charge on any atom is 0.407 e. The van der Waals surface area contributed by atoms with Gasteiger partial charge in [-0.25, -0.2) is 9.59 Å². The molecule has 1 atom stereocenters. The van der Waals surface area contributed by atoms with Crippen molar-refractivity contribution in [1.82, 2.24) is 10.6 Å². The molecule has 4 rings (SSSR count). The van der Waals surface area contributed by atoms with Gasteiger partial charge in [-0.3, -0.25) is 4.79 Å². The number of ether oxygens (including phenoxy) is 2. The number of alkyl carbamates (subject to hydrolysis) is 1. The summed E-state index contributed by atoms with van der Waals surface area (Å²) in [5.74, 6) is -2.00. The summed E-state index contributed by atoms with van der Waals surface area (Å²) >= 11 is 0. The van der Waals surface area contributed by atoms with E-state index in [1.165, 1.54) is 0 Å². The molecule has 34 heavy (non-hydrogen) atoms. The molecule has 1 fully saturated rings. The molecule has 0 bridgehead atoms. The van der Waals surface area contributed by atoms with Gasteiger partial charge in [-0.15, -0.1) is 0 Å². The van der Waals surface area contributed by atoms with Crippen LogP contribution in [0, 0.1) is 0 Å². The summed E-state index contributed by atoms with van der Waals surface area (Å²) in [6, 6.07) is 14.7. The number of carboxylic acids is 1. The van der Waals surface area contributed by atoms with Gasteiger partial charge in [0.05, 0.1) is 18.6 Å². The molecular weight excluding hydrogens is 440 g/mol. The molecule has 1 saturated heterocycles. The van der Waals surface area contributed by atoms with E-state index in [4.69, 9.17) is 19.7 Å². The van der Waals surface area contributed by atoms with Crippen molar-refractivity contribution in [3.05, 3.63) is 59.7 Å². The summed E-state index contributed by atoms with van der Waals surface area (Å²) in [7, 11) is 0. The van der Waals surface area contributed by atoms with Gasteiger partial charge in [-0.2, -0.15) is 0 Å². The van der Waals surface area contributed by atoms with E-state index in [9.17, 15) is 14.4 Å². The van der Waals surface area contributed by atoms with Crippen LogP contribution in [-0.2, 0) is 19.1 Å². The van der Waals surface area contributed by atoms with Crippen molar-refractivity contribution in [2.24, 2.45) is 0 Å². The third-order valence-electron chi connectivity index (χ3n) is 6.48. The average Bonchev–Trinajstić information content (AvgIpc) is 3.15. The minimum Gasteiger partial charge on any atom is -0.480 e. The number of benzene rings is 2. The predicted molar refractivity (Wildman–Crippen MR) is 122 cm³/mol. The molecule has 2 aliphatic rings. The van der Waals surface area contributed by atoms with Gasteiger partial charge < -0.3 is 30.3 Å². The van der Waals surface area contributed by atoms with E-state index in [1.54, 1.807) is 0 Å². The van der Waals surface area contributed by atoms with Crippen LogP contribution < -0.4 is 10.6 Å². The third kappa shape index (κ3) is 5.05. The van der Waals surface area contributed by atoms with Gasteiger partial charge in [-0.05, 0) is 35.1 Å². The summed E-state index contributed by atoms with van der Waals surface area (Å²) in [5, 5.41) is 23.4. The molecule has 0 radical (unpaired) electrons. The first-order valence-corrected chi connectivity index (χ1v) is 11.3. The van der Waals surface area contributed by atoms with E-state index in [2.05, 4.69) is 22.8 Å². The monoisotopic (exact) mass is 468 g/mol. The van der Waals surface area contributed by atoms with Crippen LogP contribution in [0.1, 0.15) is 36.3 Å². The average molecular weight is 469 g/mol. The number of nitrogens with one attached hydrogen (secondary N) is 2. The second kappa shape index (κ2) is 10.2. The van der Waals surface area contributed by atoms with Crippen molar-refractivity contribution in [2.75, 3.05) is 26.4 Å². The SMILES string of the molecule is O=C(CC1(NC(=O)OCC2c3ccccc3-c3ccccc32)CCOCC1)NC(CO)C(=O)O. The highest BCUT2D eigenvalue weighted by molar-refractivity contribution is 5.85. The first-order valence-electron chi connectivity index (χ1n) is 11.3. The van der Waals surface area contributed by atoms with Crippen molar-refractivity contribution >= 4 is 18.0 Å². The zero-order valence-electron chi connectivity index (χ0n) is 18.7. The fraction of sp³-hybridized carbons (Fsp3) is 0.400. The lowest BCUT2D eigenvalue weighted by Crippen LogP contribution is -2.56. The number of aliphatic hydroxyl groups is 1. The lowest BCUT2D eigenvalue weighted by atomic mass is 9.86. The molecule has 1 heterocycles. The van der Waals surface area contributed by atoms with Gasteiger partial charge in [0.25, 0.3) is 0 Å². The number of hydrogen-bond acceptors (Lipinski definition) is 6. The fourth-order valence-corrected chi connectivity index (χ4v) is 4.70. The lowest BCUT2D eigenvalue weighted by Gasteiger charge is -2.37. The van der Waals surface area contributed by atoms with Crippen LogP contribution in [0.3, 0.4) is 0 Å². The lowest BCUT2D eigenvalue weighted by molar-refractivity contribution is -0.143. The number of carbonyl (C=O) groups excluding carboxylic acids is 2. The minimum absolute atomic E-state index is 0.0898. The molecule has 180 valence electrons. The van der Waals surface area contributed by atoms with E-state index in [-0.39, 0.29) is 18.9 Å². The number of carbonyl (C=O) groups is 3. The number of carboxylic acid groups (broad SMARTS) is 1. The van der Waals surface area contributed by atoms with E-state index in [0.29, 0.717) is 26.1 Å². The van der Waals surface area contributed by atoms with Gasteiger partial charge in [0, 0.05) is 19.1 Å². The van der Waals surface area contributed by atoms with Gasteiger partial charge in [0.2, 0.25) is 5.91 Å². The quantitative estimate of drug-likeness (QED) is 0.466. The molecule has 1 aliphatic heterocycles. The number of aliphatic carboxylic acids is 1. The maximum absolute atomic E-state index is 12.8. The van der Waals surface area contributed by atoms with Crippen LogP contribution in [0.25, 0.3) is 11.1 Å². The molecule has 4 N–H and O–H groups in total. The molecule has 0 spiro atoms. The molecule has 0 aromatic heterocycles. The first kappa shape index (κ1) is 23.7. The minimum atomic E-state index is -1.40. The number of amides is 2. The molecule has 2 amide bonds. The van der Waals surface area contributed by atoms with Crippen molar-refractivity contribution in [1.29, 1.82) is 0 Å². The zero-order chi connectivity index (χ0) is 24.1. The summed E-state index contributed by atoms with van der Waals surface area (Å²) < 4.78 is 11.0. The van der Waals surface area contributed by atoms with Crippen LogP contribution in [0.4, 0.5) is 4.79 Å². The van der Waals surface area contributed by atoms with Crippen LogP contribution >= 0.6 is 0 Å². The summed E-state index contributed by atoms with van der Waals surface area (Å²) in [4.78, 5) is 36.4. The second-order valence-corrected chi connectivity index (χ2v) is 8.66. The van der Waals surface area contributed by atoms with Crippen LogP contribution in [0.15, 0.2) is 48.5 Å². The Labute approximate surface area is 197 Å². The number of hydrogen-bond donors (Lipinski definition) is 4. The maximum atomic E-state index is 12.8. The van der Waals surface area contributed by atoms with Crippen molar-refractivity contribution in [3.8, 4) is 11.1 Å². The topological polar surface area (TPSA) is 134 Å². The summed E-state index contributed by atoms with van der Waals surface area (Å²) in [5.41, 5.74) is 3.52. The Bertz CT molecular complexity index is 1020. The highest BCUT2D eigenvalue weighted by atomic mass is 16.5. The molecular formula is C25H28N2O7. The highest BCUT2D eigenvalue weighted by Gasteiger charge is 2.38. The van der Waals surface area contributed by atoms with Crippen molar-refractivity contribution in [2.45, 2.75) is 36.8 Å². The van der Waals surface area contributed by atoms with E-state index >= 15 is 0 Å². The molecule has 2 aromatic carbocycles. The Balaban J connectivity index is 1.42. The molecule has 1 unspecified atom stereocenters. The molecule has 9 nitrogen and oxygen atoms in total. The molecule has 1 aliphatic carbocycles. The van der Waals surface area contributed by atoms with E-state index in [0.717, 1.165) is 22.3 Å². The fourth-order valence-electron chi connectivity index (χ4n) is 4.70. The van der Waals surface area contributed by atoms with E-state index < -0.39 is 36.2 Å². The van der Waals surface area contributed by atoms with E-state index in [1.807, 2.05) is 36.4 Å². The first-order chi connectivity index (χ1) is 16.4. The highest BCUT2D eigenvalue weighted by Crippen LogP contribution is 2.44. The Morgan fingerprint density at radius 3 is 2.18 bits per heavy atom. The predicted octanol–water partition coefficient (Wildman–Crippen LogP) is 2.03. The molecule has 2 aromatic rings. The Hall–Kier alpha value is -3.43. The van der Waals surface area contributed by atoms with Crippen LogP contribution in [0.2, 0.25) is 0 Å². The summed E-state index contributed by atoms with van der Waals surface area (Å²) in [6.07, 6.45) is -0.0404. The van der Waals surface area contributed by atoms with Gasteiger partial charge in [0.15, 0.2) is 0 Å². The van der Waals surface area contributed by atoms with Crippen molar-refractivity contribution < 1.29 is 34.1 Å². The largest absolute Gasteiger partial charge is 0.480 e. The summed E-state index contributed by atoms with van der Waals surface area (Å²) in [6.45, 7) is 0.111. The van der Waals surface area contributed by atoms with Gasteiger partial charge in [0.1, 0.15) is 12.6 Å². The number of rotatable bonds is 8. The number of fused-ring (bicyclic) bond motifs is 3. The van der Waals surface area contributed by atoms with Crippen LogP contribution in [-0.4, -0.2) is 66.2 Å². The van der Waals surface area contributed by atoms with Crippen LogP contribution in [0.5, 0.6) is 0 Å². The number of aliphatic hydroxyl groups excluding tert-OH is 1. The normalized spacial score (nSPS) is 17.2. The smallest absolute Gasteiger partial charge is 0.407 e.